The lowest BCUT2D eigenvalue weighted by Crippen LogP contribution is -2.40. The maximum atomic E-state index is 10.3. The molecule has 1 heterocycles. The molecule has 1 aromatic heterocycles. The Morgan fingerprint density at radius 3 is 2.81 bits per heavy atom. The first-order chi connectivity index (χ1) is 7.44. The van der Waals surface area contributed by atoms with E-state index < -0.39 is 4.92 Å². The lowest BCUT2D eigenvalue weighted by atomic mass is 10.0. The van der Waals surface area contributed by atoms with E-state index in [-0.39, 0.29) is 18.0 Å². The third-order valence-corrected chi connectivity index (χ3v) is 2.31. The number of rotatable bonds is 6. The van der Waals surface area contributed by atoms with Crippen LogP contribution >= 0.6 is 0 Å². The Morgan fingerprint density at radius 2 is 2.31 bits per heavy atom. The molecule has 2 N–H and O–H groups in total. The van der Waals surface area contributed by atoms with Gasteiger partial charge < -0.3 is 14.9 Å². The van der Waals surface area contributed by atoms with Crippen molar-refractivity contribution in [2.24, 2.45) is 5.73 Å². The number of hydrogen-bond acceptors (Lipinski definition) is 5. The minimum Gasteiger partial charge on any atom is -0.403 e. The Kier molecular flexibility index (Phi) is 4.03. The highest BCUT2D eigenvalue weighted by Gasteiger charge is 2.17. The van der Waals surface area contributed by atoms with Gasteiger partial charge in [0.05, 0.1) is 12.7 Å². The molecule has 90 valence electrons. The molecule has 0 bridgehead atoms. The highest BCUT2D eigenvalue weighted by molar-refractivity contribution is 5.17. The summed E-state index contributed by atoms with van der Waals surface area (Å²) in [7, 11) is 0. The highest BCUT2D eigenvalue weighted by atomic mass is 16.6. The van der Waals surface area contributed by atoms with Gasteiger partial charge in [-0.15, -0.1) is 0 Å². The predicted molar refractivity (Wildman–Crippen MR) is 57.9 cm³/mol. The van der Waals surface area contributed by atoms with Crippen LogP contribution in [0.2, 0.25) is 0 Å². The number of ether oxygens (including phenoxy) is 1. The second kappa shape index (κ2) is 5.09. The van der Waals surface area contributed by atoms with Crippen LogP contribution < -0.4 is 5.73 Å². The summed E-state index contributed by atoms with van der Waals surface area (Å²) in [5.74, 6) is 0.156. The molecule has 6 heteroatoms. The van der Waals surface area contributed by atoms with E-state index in [1.54, 1.807) is 0 Å². The minimum atomic E-state index is -0.581. The van der Waals surface area contributed by atoms with E-state index in [9.17, 15) is 10.1 Å². The standard InChI is InChI=1S/C10H16N2O4/c1-3-10(2,11)7-15-6-8-4-5-9(16-8)12(13)14/h4-5H,3,6-7,11H2,1-2H3. The Labute approximate surface area is 93.5 Å². The molecule has 16 heavy (non-hydrogen) atoms. The van der Waals surface area contributed by atoms with Gasteiger partial charge in [0.25, 0.3) is 0 Å². The molecule has 6 nitrogen and oxygen atoms in total. The Hall–Kier alpha value is -1.40. The number of hydrogen-bond donors (Lipinski definition) is 1. The average Bonchev–Trinajstić information content (AvgIpc) is 2.66. The van der Waals surface area contributed by atoms with Crippen LogP contribution in [0.4, 0.5) is 5.88 Å². The molecule has 0 radical (unpaired) electrons. The quantitative estimate of drug-likeness (QED) is 0.592. The Morgan fingerprint density at radius 1 is 1.62 bits per heavy atom. The van der Waals surface area contributed by atoms with Crippen LogP contribution in [0.15, 0.2) is 16.5 Å². The molecule has 1 aromatic rings. The monoisotopic (exact) mass is 228 g/mol. The summed E-state index contributed by atoms with van der Waals surface area (Å²) < 4.78 is 10.3. The normalized spacial score (nSPS) is 14.7. The fourth-order valence-electron chi connectivity index (χ4n) is 1.03. The smallest absolute Gasteiger partial charge is 0.403 e. The summed E-state index contributed by atoms with van der Waals surface area (Å²) >= 11 is 0. The molecular weight excluding hydrogens is 212 g/mol. The predicted octanol–water partition coefficient (Wildman–Crippen LogP) is 1.83. The average molecular weight is 228 g/mol. The molecule has 0 amide bonds. The zero-order valence-corrected chi connectivity index (χ0v) is 9.43. The fraction of sp³-hybridized carbons (Fsp3) is 0.600. The van der Waals surface area contributed by atoms with E-state index in [1.165, 1.54) is 12.1 Å². The summed E-state index contributed by atoms with van der Waals surface area (Å²) in [6.45, 7) is 4.44. The summed E-state index contributed by atoms with van der Waals surface area (Å²) in [5, 5.41) is 10.3. The van der Waals surface area contributed by atoms with E-state index >= 15 is 0 Å². The highest BCUT2D eigenvalue weighted by Crippen LogP contribution is 2.16. The lowest BCUT2D eigenvalue weighted by Gasteiger charge is -2.21. The van der Waals surface area contributed by atoms with Crippen molar-refractivity contribution in [3.63, 3.8) is 0 Å². The van der Waals surface area contributed by atoms with E-state index in [4.69, 9.17) is 14.9 Å². The van der Waals surface area contributed by atoms with Crippen LogP contribution in [0, 0.1) is 10.1 Å². The molecule has 0 aliphatic heterocycles. The molecule has 1 unspecified atom stereocenters. The largest absolute Gasteiger partial charge is 0.433 e. The summed E-state index contributed by atoms with van der Waals surface area (Å²) in [6, 6.07) is 2.83. The van der Waals surface area contributed by atoms with Gasteiger partial charge in [-0.1, -0.05) is 6.92 Å². The van der Waals surface area contributed by atoms with E-state index in [2.05, 4.69) is 0 Å². The van der Waals surface area contributed by atoms with E-state index in [1.807, 2.05) is 13.8 Å². The second-order valence-electron chi connectivity index (χ2n) is 4.00. The van der Waals surface area contributed by atoms with E-state index in [0.717, 1.165) is 6.42 Å². The first-order valence-corrected chi connectivity index (χ1v) is 5.04. The van der Waals surface area contributed by atoms with E-state index in [0.29, 0.717) is 12.4 Å². The molecule has 0 spiro atoms. The summed E-state index contributed by atoms with van der Waals surface area (Å²) in [5.41, 5.74) is 5.49. The molecule has 0 aliphatic carbocycles. The SMILES string of the molecule is CCC(C)(N)COCc1ccc([N+](=O)[O-])o1. The second-order valence-corrected chi connectivity index (χ2v) is 4.00. The van der Waals surface area contributed by atoms with Crippen molar-refractivity contribution in [3.8, 4) is 0 Å². The number of nitrogens with two attached hydrogens (primary N) is 1. The van der Waals surface area contributed by atoms with Gasteiger partial charge >= 0.3 is 5.88 Å². The first kappa shape index (κ1) is 12.7. The zero-order chi connectivity index (χ0) is 12.2. The molecule has 0 saturated carbocycles. The van der Waals surface area contributed by atoms with Crippen LogP contribution in [0.1, 0.15) is 26.0 Å². The van der Waals surface area contributed by atoms with Gasteiger partial charge in [0.1, 0.15) is 17.3 Å². The van der Waals surface area contributed by atoms with Gasteiger partial charge in [-0.2, -0.15) is 0 Å². The maximum Gasteiger partial charge on any atom is 0.433 e. The van der Waals surface area contributed by atoms with Gasteiger partial charge in [0.2, 0.25) is 0 Å². The van der Waals surface area contributed by atoms with Crippen LogP contribution in [-0.4, -0.2) is 17.1 Å². The van der Waals surface area contributed by atoms with Crippen LogP contribution in [0.5, 0.6) is 0 Å². The van der Waals surface area contributed by atoms with Crippen molar-refractivity contribution in [3.05, 3.63) is 28.0 Å². The molecule has 1 rings (SSSR count). The number of nitro groups is 1. The van der Waals surface area contributed by atoms with Crippen molar-refractivity contribution in [2.75, 3.05) is 6.61 Å². The van der Waals surface area contributed by atoms with Gasteiger partial charge in [-0.3, -0.25) is 10.1 Å². The molecule has 0 aromatic carbocycles. The summed E-state index contributed by atoms with van der Waals surface area (Å²) in [4.78, 5) is 9.76. The van der Waals surface area contributed by atoms with Gasteiger partial charge in [-0.05, 0) is 19.4 Å². The van der Waals surface area contributed by atoms with Crippen molar-refractivity contribution < 1.29 is 14.1 Å². The van der Waals surface area contributed by atoms with Crippen LogP contribution in [-0.2, 0) is 11.3 Å². The van der Waals surface area contributed by atoms with Crippen molar-refractivity contribution in [1.82, 2.24) is 0 Å². The molecule has 1 atom stereocenters. The Balaban J connectivity index is 2.40. The van der Waals surface area contributed by atoms with Crippen molar-refractivity contribution in [1.29, 1.82) is 0 Å². The van der Waals surface area contributed by atoms with Crippen molar-refractivity contribution >= 4 is 5.88 Å². The topological polar surface area (TPSA) is 91.5 Å². The molecular formula is C10H16N2O4. The summed E-state index contributed by atoms with van der Waals surface area (Å²) in [6.07, 6.45) is 0.797. The van der Waals surface area contributed by atoms with Crippen LogP contribution in [0.3, 0.4) is 0 Å². The van der Waals surface area contributed by atoms with Gasteiger partial charge in [0.15, 0.2) is 0 Å². The molecule has 0 fully saturated rings. The third-order valence-electron chi connectivity index (χ3n) is 2.31. The molecule has 0 saturated heterocycles. The number of furan rings is 1. The van der Waals surface area contributed by atoms with Crippen molar-refractivity contribution in [2.45, 2.75) is 32.4 Å². The van der Waals surface area contributed by atoms with Gasteiger partial charge in [0, 0.05) is 5.54 Å². The minimum absolute atomic E-state index is 0.195. The maximum absolute atomic E-state index is 10.3. The van der Waals surface area contributed by atoms with Crippen LogP contribution in [0.25, 0.3) is 0 Å². The fourth-order valence-corrected chi connectivity index (χ4v) is 1.03. The third kappa shape index (κ3) is 3.63. The lowest BCUT2D eigenvalue weighted by molar-refractivity contribution is -0.402. The van der Waals surface area contributed by atoms with Gasteiger partial charge in [-0.25, -0.2) is 0 Å². The Bertz CT molecular complexity index is 359. The number of nitrogens with zero attached hydrogens (tertiary/aromatic N) is 1. The first-order valence-electron chi connectivity index (χ1n) is 5.04. The molecule has 0 aliphatic rings. The zero-order valence-electron chi connectivity index (χ0n) is 9.43.